The number of aromatic nitrogens is 1. The molecule has 0 unspecified atom stereocenters. The molecule has 1 N–H and O–H groups in total. The maximum atomic E-state index is 13.0. The van der Waals surface area contributed by atoms with Gasteiger partial charge in [-0.25, -0.2) is 18.6 Å². The standard InChI is InChI=1S/C10H9F2NO2/c11-10(12)4-3-7-6(5-10)1-2-8(13-7)9(14)15/h1-2H,3-5H2,(H,14,15). The Balaban J connectivity index is 2.36. The van der Waals surface area contributed by atoms with E-state index in [1.54, 1.807) is 0 Å². The third-order valence-electron chi connectivity index (χ3n) is 2.46. The lowest BCUT2D eigenvalue weighted by molar-refractivity contribution is -0.0128. The molecular formula is C10H9F2NO2. The molecule has 0 aliphatic heterocycles. The molecule has 0 atom stereocenters. The zero-order chi connectivity index (χ0) is 11.1. The maximum absolute atomic E-state index is 13.0. The van der Waals surface area contributed by atoms with E-state index in [0.717, 1.165) is 0 Å². The highest BCUT2D eigenvalue weighted by Gasteiger charge is 2.34. The summed E-state index contributed by atoms with van der Waals surface area (Å²) in [7, 11) is 0. The number of halogens is 2. The Hall–Kier alpha value is -1.52. The quantitative estimate of drug-likeness (QED) is 0.775. The van der Waals surface area contributed by atoms with Gasteiger partial charge in [-0.1, -0.05) is 6.07 Å². The molecule has 0 spiro atoms. The molecule has 1 aliphatic rings. The minimum Gasteiger partial charge on any atom is -0.477 e. The van der Waals surface area contributed by atoms with Crippen LogP contribution in [-0.2, 0) is 12.8 Å². The van der Waals surface area contributed by atoms with Crippen molar-refractivity contribution in [3.8, 4) is 0 Å². The Morgan fingerprint density at radius 3 is 2.87 bits per heavy atom. The lowest BCUT2D eigenvalue weighted by Gasteiger charge is -2.23. The van der Waals surface area contributed by atoms with E-state index >= 15 is 0 Å². The lowest BCUT2D eigenvalue weighted by Crippen LogP contribution is -2.27. The van der Waals surface area contributed by atoms with Crippen molar-refractivity contribution in [1.29, 1.82) is 0 Å². The predicted octanol–water partition coefficient (Wildman–Crippen LogP) is 1.90. The molecule has 5 heteroatoms. The Labute approximate surface area is 84.8 Å². The predicted molar refractivity (Wildman–Crippen MR) is 48.2 cm³/mol. The monoisotopic (exact) mass is 213 g/mol. The van der Waals surface area contributed by atoms with E-state index in [2.05, 4.69) is 4.98 Å². The molecule has 0 saturated carbocycles. The van der Waals surface area contributed by atoms with Gasteiger partial charge < -0.3 is 5.11 Å². The minimum absolute atomic E-state index is 0.0843. The molecule has 1 heterocycles. The van der Waals surface area contributed by atoms with Crippen molar-refractivity contribution in [2.75, 3.05) is 0 Å². The van der Waals surface area contributed by atoms with Crippen LogP contribution in [0, 0.1) is 0 Å². The number of nitrogens with zero attached hydrogens (tertiary/aromatic N) is 1. The molecule has 0 radical (unpaired) electrons. The third-order valence-corrected chi connectivity index (χ3v) is 2.46. The van der Waals surface area contributed by atoms with Gasteiger partial charge in [0.2, 0.25) is 0 Å². The summed E-state index contributed by atoms with van der Waals surface area (Å²) in [5, 5.41) is 8.68. The first-order valence-electron chi connectivity index (χ1n) is 4.58. The first kappa shape index (κ1) is 10.0. The number of carboxylic acids is 1. The topological polar surface area (TPSA) is 50.2 Å². The number of alkyl halides is 2. The fourth-order valence-corrected chi connectivity index (χ4v) is 1.70. The van der Waals surface area contributed by atoms with Gasteiger partial charge in [0.15, 0.2) is 0 Å². The summed E-state index contributed by atoms with van der Waals surface area (Å²) in [6.07, 6.45) is -0.450. The highest BCUT2D eigenvalue weighted by Crippen LogP contribution is 2.31. The van der Waals surface area contributed by atoms with Crippen molar-refractivity contribution in [3.63, 3.8) is 0 Å². The number of aryl methyl sites for hydroxylation is 1. The molecular weight excluding hydrogens is 204 g/mol. The van der Waals surface area contributed by atoms with Gasteiger partial charge in [-0.3, -0.25) is 0 Å². The number of carboxylic acid groups (broad SMARTS) is 1. The average Bonchev–Trinajstić information content (AvgIpc) is 2.15. The van der Waals surface area contributed by atoms with Gasteiger partial charge in [0.1, 0.15) is 5.69 Å². The first-order chi connectivity index (χ1) is 6.98. The molecule has 0 fully saturated rings. The molecule has 2 rings (SSSR count). The Kier molecular flexibility index (Phi) is 2.17. The van der Waals surface area contributed by atoms with Crippen molar-refractivity contribution >= 4 is 5.97 Å². The second kappa shape index (κ2) is 3.25. The van der Waals surface area contributed by atoms with Crippen LogP contribution in [0.1, 0.15) is 28.2 Å². The van der Waals surface area contributed by atoms with Gasteiger partial charge in [-0.2, -0.15) is 0 Å². The number of carbonyl (C=O) groups is 1. The van der Waals surface area contributed by atoms with Gasteiger partial charge >= 0.3 is 5.97 Å². The van der Waals surface area contributed by atoms with Crippen molar-refractivity contribution in [3.05, 3.63) is 29.1 Å². The van der Waals surface area contributed by atoms with E-state index in [9.17, 15) is 13.6 Å². The van der Waals surface area contributed by atoms with Crippen molar-refractivity contribution in [1.82, 2.24) is 4.98 Å². The smallest absolute Gasteiger partial charge is 0.354 e. The molecule has 1 aromatic heterocycles. The Morgan fingerprint density at radius 2 is 2.20 bits per heavy atom. The minimum atomic E-state index is -2.68. The van der Waals surface area contributed by atoms with Crippen LogP contribution in [0.4, 0.5) is 8.78 Å². The SMILES string of the molecule is O=C(O)c1ccc2c(n1)CCC(F)(F)C2. The molecule has 0 saturated heterocycles. The molecule has 1 aliphatic carbocycles. The number of fused-ring (bicyclic) bond motifs is 1. The summed E-state index contributed by atoms with van der Waals surface area (Å²) in [5.41, 5.74) is 0.857. The first-order valence-corrected chi connectivity index (χ1v) is 4.58. The van der Waals surface area contributed by atoms with Crippen LogP contribution >= 0.6 is 0 Å². The number of aromatic carboxylic acids is 1. The summed E-state index contributed by atoms with van der Waals surface area (Å²) in [4.78, 5) is 14.4. The van der Waals surface area contributed by atoms with Crippen LogP contribution in [0.3, 0.4) is 0 Å². The number of hydrogen-bond donors (Lipinski definition) is 1. The van der Waals surface area contributed by atoms with Gasteiger partial charge in [-0.05, 0) is 18.1 Å². The Bertz CT molecular complexity index is 418. The number of rotatable bonds is 1. The van der Waals surface area contributed by atoms with Crippen LogP contribution in [-0.4, -0.2) is 22.0 Å². The van der Waals surface area contributed by atoms with Crippen LogP contribution in [0.25, 0.3) is 0 Å². The maximum Gasteiger partial charge on any atom is 0.354 e. The number of pyridine rings is 1. The summed E-state index contributed by atoms with van der Waals surface area (Å²) in [5.74, 6) is -3.81. The molecule has 0 bridgehead atoms. The zero-order valence-corrected chi connectivity index (χ0v) is 7.83. The molecule has 1 aromatic rings. The van der Waals surface area contributed by atoms with Crippen LogP contribution in [0.2, 0.25) is 0 Å². The van der Waals surface area contributed by atoms with Crippen LogP contribution < -0.4 is 0 Å². The summed E-state index contributed by atoms with van der Waals surface area (Å²) < 4.78 is 26.0. The van der Waals surface area contributed by atoms with Crippen molar-refractivity contribution in [2.45, 2.75) is 25.2 Å². The van der Waals surface area contributed by atoms with Crippen molar-refractivity contribution < 1.29 is 18.7 Å². The summed E-state index contributed by atoms with van der Waals surface area (Å²) >= 11 is 0. The normalized spacial score (nSPS) is 18.3. The summed E-state index contributed by atoms with van der Waals surface area (Å²) in [6, 6.07) is 2.70. The summed E-state index contributed by atoms with van der Waals surface area (Å²) in [6.45, 7) is 0. The molecule has 15 heavy (non-hydrogen) atoms. The van der Waals surface area contributed by atoms with E-state index < -0.39 is 11.9 Å². The van der Waals surface area contributed by atoms with E-state index in [1.807, 2.05) is 0 Å². The third kappa shape index (κ3) is 1.95. The van der Waals surface area contributed by atoms with Crippen LogP contribution in [0.5, 0.6) is 0 Å². The fraction of sp³-hybridized carbons (Fsp3) is 0.400. The highest BCUT2D eigenvalue weighted by molar-refractivity contribution is 5.85. The fourth-order valence-electron chi connectivity index (χ4n) is 1.70. The molecule has 0 aromatic carbocycles. The second-order valence-corrected chi connectivity index (χ2v) is 3.64. The lowest BCUT2D eigenvalue weighted by atomic mass is 9.93. The van der Waals surface area contributed by atoms with E-state index in [1.165, 1.54) is 12.1 Å². The molecule has 0 amide bonds. The Morgan fingerprint density at radius 1 is 1.47 bits per heavy atom. The van der Waals surface area contributed by atoms with Crippen molar-refractivity contribution in [2.24, 2.45) is 0 Å². The molecule has 3 nitrogen and oxygen atoms in total. The van der Waals surface area contributed by atoms with E-state index in [0.29, 0.717) is 11.3 Å². The van der Waals surface area contributed by atoms with Gasteiger partial charge in [-0.15, -0.1) is 0 Å². The number of hydrogen-bond acceptors (Lipinski definition) is 2. The highest BCUT2D eigenvalue weighted by atomic mass is 19.3. The average molecular weight is 213 g/mol. The second-order valence-electron chi connectivity index (χ2n) is 3.64. The van der Waals surface area contributed by atoms with E-state index in [-0.39, 0.29) is 25.0 Å². The zero-order valence-electron chi connectivity index (χ0n) is 7.83. The van der Waals surface area contributed by atoms with E-state index in [4.69, 9.17) is 5.11 Å². The van der Waals surface area contributed by atoms with Gasteiger partial charge in [0.25, 0.3) is 5.92 Å². The van der Waals surface area contributed by atoms with Crippen LogP contribution in [0.15, 0.2) is 12.1 Å². The van der Waals surface area contributed by atoms with Gasteiger partial charge in [0.05, 0.1) is 0 Å². The van der Waals surface area contributed by atoms with Gasteiger partial charge in [0, 0.05) is 18.5 Å². The largest absolute Gasteiger partial charge is 0.477 e. The molecule has 80 valence electrons.